The Labute approximate surface area is 148 Å². The summed E-state index contributed by atoms with van der Waals surface area (Å²) in [4.78, 5) is 10.2. The van der Waals surface area contributed by atoms with E-state index in [-0.39, 0.29) is 5.69 Å². The van der Waals surface area contributed by atoms with E-state index >= 15 is 0 Å². The number of rotatable bonds is 7. The number of hydrogen-bond donors (Lipinski definition) is 0. The summed E-state index contributed by atoms with van der Waals surface area (Å²) >= 11 is 4.61. The smallest absolute Gasteiger partial charge is 0.307 e. The highest BCUT2D eigenvalue weighted by atomic mass is 79.9. The molecule has 124 valence electrons. The van der Waals surface area contributed by atoms with Gasteiger partial charge in [0, 0.05) is 6.54 Å². The number of nitrogens with zero attached hydrogens (tertiary/aromatic N) is 6. The Balaban J connectivity index is 1.81. The molecular formula is C13H11BrN6O3S. The normalized spacial score (nSPS) is 10.9. The van der Waals surface area contributed by atoms with Crippen LogP contribution in [0, 0.1) is 10.1 Å². The van der Waals surface area contributed by atoms with Crippen molar-refractivity contribution in [2.45, 2.75) is 17.6 Å². The number of hydrogen-bond acceptors (Lipinski definition) is 7. The molecule has 0 unspecified atom stereocenters. The Morgan fingerprint density at radius 1 is 1.46 bits per heavy atom. The largest absolute Gasteiger partial charge is 0.446 e. The van der Waals surface area contributed by atoms with Crippen LogP contribution in [0.2, 0.25) is 0 Å². The molecule has 3 heterocycles. The van der Waals surface area contributed by atoms with Crippen molar-refractivity contribution in [3.63, 3.8) is 0 Å². The summed E-state index contributed by atoms with van der Waals surface area (Å²) in [5, 5.41) is 23.6. The Morgan fingerprint density at radius 2 is 2.29 bits per heavy atom. The van der Waals surface area contributed by atoms with Gasteiger partial charge in [-0.1, -0.05) is 17.8 Å². The number of halogens is 1. The van der Waals surface area contributed by atoms with Crippen molar-refractivity contribution in [1.29, 1.82) is 0 Å². The van der Waals surface area contributed by atoms with Gasteiger partial charge in [-0.15, -0.1) is 16.8 Å². The Morgan fingerprint density at radius 3 is 2.92 bits per heavy atom. The third kappa shape index (κ3) is 3.41. The molecule has 3 aromatic rings. The summed E-state index contributed by atoms with van der Waals surface area (Å²) in [5.41, 5.74) is -0.0516. The van der Waals surface area contributed by atoms with Gasteiger partial charge in [-0.2, -0.15) is 5.10 Å². The molecule has 3 aromatic heterocycles. The SMILES string of the molecule is C=CCn1c(SCn2cc([N+](=O)[O-])cn2)nnc1-c1ccc(Br)o1. The van der Waals surface area contributed by atoms with Crippen molar-refractivity contribution in [2.75, 3.05) is 0 Å². The first-order chi connectivity index (χ1) is 11.6. The van der Waals surface area contributed by atoms with Crippen molar-refractivity contribution in [3.05, 3.63) is 52.0 Å². The molecule has 0 amide bonds. The van der Waals surface area contributed by atoms with Crippen LogP contribution in [0.5, 0.6) is 0 Å². The van der Waals surface area contributed by atoms with Crippen LogP contribution in [0.25, 0.3) is 11.6 Å². The molecule has 0 saturated carbocycles. The Bertz CT molecular complexity index is 886. The van der Waals surface area contributed by atoms with Gasteiger partial charge < -0.3 is 4.42 Å². The molecule has 0 spiro atoms. The topological polar surface area (TPSA) is 105 Å². The third-order valence-corrected chi connectivity index (χ3v) is 4.36. The van der Waals surface area contributed by atoms with Crippen molar-refractivity contribution in [1.82, 2.24) is 24.5 Å². The zero-order chi connectivity index (χ0) is 17.1. The average molecular weight is 411 g/mol. The van der Waals surface area contributed by atoms with Crippen molar-refractivity contribution in [3.8, 4) is 11.6 Å². The van der Waals surface area contributed by atoms with Gasteiger partial charge in [0.05, 0.1) is 10.8 Å². The summed E-state index contributed by atoms with van der Waals surface area (Å²) < 4.78 is 9.44. The van der Waals surface area contributed by atoms with E-state index in [9.17, 15) is 10.1 Å². The van der Waals surface area contributed by atoms with Crippen LogP contribution in [-0.2, 0) is 12.4 Å². The maximum absolute atomic E-state index is 10.7. The van der Waals surface area contributed by atoms with Crippen LogP contribution in [0.4, 0.5) is 5.69 Å². The van der Waals surface area contributed by atoms with Gasteiger partial charge in [0.1, 0.15) is 12.4 Å². The summed E-state index contributed by atoms with van der Waals surface area (Å²) in [5.74, 6) is 1.53. The fourth-order valence-corrected chi connectivity index (χ4v) is 3.06. The van der Waals surface area contributed by atoms with Gasteiger partial charge in [-0.25, -0.2) is 0 Å². The highest BCUT2D eigenvalue weighted by Gasteiger charge is 2.17. The lowest BCUT2D eigenvalue weighted by Gasteiger charge is -2.06. The van der Waals surface area contributed by atoms with Crippen LogP contribution in [-0.4, -0.2) is 29.5 Å². The monoisotopic (exact) mass is 410 g/mol. The molecule has 11 heteroatoms. The molecule has 0 aromatic carbocycles. The summed E-state index contributed by atoms with van der Waals surface area (Å²) in [6.07, 6.45) is 4.31. The molecule has 0 radical (unpaired) electrons. The van der Waals surface area contributed by atoms with Gasteiger partial charge >= 0.3 is 5.69 Å². The maximum atomic E-state index is 10.7. The number of allylic oxidation sites excluding steroid dienone is 1. The summed E-state index contributed by atoms with van der Waals surface area (Å²) in [6.45, 7) is 4.24. The molecule has 9 nitrogen and oxygen atoms in total. The van der Waals surface area contributed by atoms with Gasteiger partial charge in [0.2, 0.25) is 5.82 Å². The van der Waals surface area contributed by atoms with Gasteiger partial charge in [-0.05, 0) is 28.1 Å². The second kappa shape index (κ2) is 7.01. The highest BCUT2D eigenvalue weighted by Crippen LogP contribution is 2.28. The minimum absolute atomic E-state index is 0.0516. The van der Waals surface area contributed by atoms with Crippen LogP contribution >= 0.6 is 27.7 Å². The fraction of sp³-hybridized carbons (Fsp3) is 0.154. The fourth-order valence-electron chi connectivity index (χ4n) is 1.95. The van der Waals surface area contributed by atoms with Crippen LogP contribution < -0.4 is 0 Å². The number of furan rings is 1. The first-order valence-corrected chi connectivity index (χ1v) is 8.46. The maximum Gasteiger partial charge on any atom is 0.307 e. The van der Waals surface area contributed by atoms with Crippen LogP contribution in [0.3, 0.4) is 0 Å². The van der Waals surface area contributed by atoms with E-state index in [2.05, 4.69) is 37.8 Å². The number of nitro groups is 1. The van der Waals surface area contributed by atoms with Crippen LogP contribution in [0.15, 0.2) is 51.4 Å². The number of aromatic nitrogens is 5. The quantitative estimate of drug-likeness (QED) is 0.254. The zero-order valence-electron chi connectivity index (χ0n) is 12.2. The lowest BCUT2D eigenvalue weighted by Crippen LogP contribution is -2.02. The van der Waals surface area contributed by atoms with E-state index in [0.29, 0.717) is 33.8 Å². The average Bonchev–Trinajstić information content (AvgIpc) is 3.25. The molecule has 0 bridgehead atoms. The van der Waals surface area contributed by atoms with Crippen molar-refractivity contribution >= 4 is 33.4 Å². The van der Waals surface area contributed by atoms with Crippen LogP contribution in [0.1, 0.15) is 0 Å². The Kier molecular flexibility index (Phi) is 4.81. The molecule has 0 saturated heterocycles. The molecule has 0 aliphatic heterocycles. The van der Waals surface area contributed by atoms with E-state index in [0.717, 1.165) is 0 Å². The molecular weight excluding hydrogens is 400 g/mol. The van der Waals surface area contributed by atoms with E-state index < -0.39 is 4.92 Å². The third-order valence-electron chi connectivity index (χ3n) is 2.98. The van der Waals surface area contributed by atoms with E-state index in [1.54, 1.807) is 18.2 Å². The van der Waals surface area contributed by atoms with Gasteiger partial charge in [-0.3, -0.25) is 19.4 Å². The lowest BCUT2D eigenvalue weighted by molar-refractivity contribution is -0.385. The van der Waals surface area contributed by atoms with Gasteiger partial charge in [0.25, 0.3) is 0 Å². The second-order valence-electron chi connectivity index (χ2n) is 4.58. The van der Waals surface area contributed by atoms with E-state index in [1.165, 1.54) is 28.8 Å². The lowest BCUT2D eigenvalue weighted by atomic mass is 10.4. The number of thioether (sulfide) groups is 1. The first-order valence-electron chi connectivity index (χ1n) is 6.68. The highest BCUT2D eigenvalue weighted by molar-refractivity contribution is 9.10. The minimum atomic E-state index is -0.485. The molecule has 0 aliphatic rings. The summed E-state index contributed by atoms with van der Waals surface area (Å²) in [7, 11) is 0. The van der Waals surface area contributed by atoms with Crippen molar-refractivity contribution in [2.24, 2.45) is 0 Å². The molecule has 0 aliphatic carbocycles. The van der Waals surface area contributed by atoms with E-state index in [1.807, 2.05) is 4.57 Å². The Hall–Kier alpha value is -2.40. The molecule has 0 fully saturated rings. The first kappa shape index (κ1) is 16.5. The minimum Gasteiger partial charge on any atom is -0.446 e. The zero-order valence-corrected chi connectivity index (χ0v) is 14.6. The molecule has 0 N–H and O–H groups in total. The molecule has 3 rings (SSSR count). The second-order valence-corrected chi connectivity index (χ2v) is 6.27. The predicted octanol–water partition coefficient (Wildman–Crippen LogP) is 3.34. The molecule has 24 heavy (non-hydrogen) atoms. The van der Waals surface area contributed by atoms with Gasteiger partial charge in [0.15, 0.2) is 15.6 Å². The summed E-state index contributed by atoms with van der Waals surface area (Å²) in [6, 6.07) is 3.57. The standard InChI is InChI=1S/C13H11BrN6O3S/c1-2-5-19-12(10-3-4-11(14)23-10)16-17-13(19)24-8-18-7-9(6-15-18)20(21)22/h2-4,6-7H,1,5,8H2. The predicted molar refractivity (Wildman–Crippen MR) is 90.4 cm³/mol. The molecule has 0 atom stereocenters. The van der Waals surface area contributed by atoms with E-state index in [4.69, 9.17) is 4.42 Å². The van der Waals surface area contributed by atoms with Crippen molar-refractivity contribution < 1.29 is 9.34 Å².